The van der Waals surface area contributed by atoms with Crippen molar-refractivity contribution in [3.8, 4) is 11.3 Å². The van der Waals surface area contributed by atoms with E-state index in [1.54, 1.807) is 0 Å². The van der Waals surface area contributed by atoms with Gasteiger partial charge in [-0.05, 0) is 43.0 Å². The third-order valence-electron chi connectivity index (χ3n) is 4.60. The van der Waals surface area contributed by atoms with E-state index in [1.165, 1.54) is 24.1 Å². The molecule has 0 N–H and O–H groups in total. The molecule has 4 rings (SSSR count). The minimum absolute atomic E-state index is 0.688. The molecule has 1 aromatic carbocycles. The molecule has 0 aliphatic heterocycles. The van der Waals surface area contributed by atoms with E-state index in [0.29, 0.717) is 5.92 Å². The van der Waals surface area contributed by atoms with Gasteiger partial charge in [0.25, 0.3) is 0 Å². The maximum Gasteiger partial charge on any atom is 0.156 e. The van der Waals surface area contributed by atoms with Gasteiger partial charge in [-0.25, -0.2) is 9.50 Å². The quantitative estimate of drug-likeness (QED) is 0.667. The molecule has 2 heterocycles. The molecule has 1 saturated carbocycles. The first-order chi connectivity index (χ1) is 11.6. The lowest BCUT2D eigenvalue weighted by atomic mass is 10.1. The van der Waals surface area contributed by atoms with E-state index in [0.717, 1.165) is 29.1 Å². The molecule has 122 valence electrons. The van der Waals surface area contributed by atoms with E-state index < -0.39 is 0 Å². The molecule has 4 nitrogen and oxygen atoms in total. The molecule has 24 heavy (non-hydrogen) atoms. The maximum absolute atomic E-state index is 4.74. The summed E-state index contributed by atoms with van der Waals surface area (Å²) in [4.78, 5) is 6.79. The number of anilines is 1. The molecule has 0 saturated heterocycles. The van der Waals surface area contributed by atoms with Crippen molar-refractivity contribution in [3.63, 3.8) is 0 Å². The van der Waals surface area contributed by atoms with Gasteiger partial charge < -0.3 is 4.90 Å². The largest absolute Gasteiger partial charge is 0.378 e. The van der Waals surface area contributed by atoms with Crippen LogP contribution in [0.2, 0.25) is 0 Å². The van der Waals surface area contributed by atoms with Gasteiger partial charge in [-0.1, -0.05) is 30.4 Å². The van der Waals surface area contributed by atoms with Gasteiger partial charge in [-0.15, -0.1) is 0 Å². The van der Waals surface area contributed by atoms with Crippen LogP contribution in [0.25, 0.3) is 16.9 Å². The molecule has 0 bridgehead atoms. The normalized spacial score (nSPS) is 14.1. The van der Waals surface area contributed by atoms with E-state index in [4.69, 9.17) is 5.10 Å². The molecule has 1 aliphatic carbocycles. The number of hydrogen-bond acceptors (Lipinski definition) is 3. The van der Waals surface area contributed by atoms with E-state index >= 15 is 0 Å². The topological polar surface area (TPSA) is 33.4 Å². The monoisotopic (exact) mass is 318 g/mol. The van der Waals surface area contributed by atoms with Crippen molar-refractivity contribution in [2.45, 2.75) is 19.3 Å². The second-order valence-electron chi connectivity index (χ2n) is 6.76. The number of pyridine rings is 1. The summed E-state index contributed by atoms with van der Waals surface area (Å²) in [6, 6.07) is 14.6. The van der Waals surface area contributed by atoms with Crippen LogP contribution in [0.1, 0.15) is 18.7 Å². The zero-order valence-electron chi connectivity index (χ0n) is 14.2. The maximum atomic E-state index is 4.74. The van der Waals surface area contributed by atoms with Crippen LogP contribution in [0.15, 0.2) is 54.6 Å². The van der Waals surface area contributed by atoms with Gasteiger partial charge in [0.2, 0.25) is 0 Å². The van der Waals surface area contributed by atoms with E-state index in [2.05, 4.69) is 60.9 Å². The van der Waals surface area contributed by atoms with Crippen LogP contribution < -0.4 is 4.90 Å². The van der Waals surface area contributed by atoms with Crippen LogP contribution >= 0.6 is 0 Å². The Labute approximate surface area is 142 Å². The molecule has 0 atom stereocenters. The van der Waals surface area contributed by atoms with Gasteiger partial charge in [-0.3, -0.25) is 0 Å². The second kappa shape index (κ2) is 5.78. The fourth-order valence-corrected chi connectivity index (χ4v) is 3.03. The Bertz CT molecular complexity index is 903. The molecule has 4 heteroatoms. The van der Waals surface area contributed by atoms with Crippen LogP contribution in [-0.2, 0) is 6.42 Å². The summed E-state index contributed by atoms with van der Waals surface area (Å²) in [6.45, 7) is 4.20. The first kappa shape index (κ1) is 14.9. The number of benzene rings is 1. The molecule has 0 amide bonds. The predicted molar refractivity (Wildman–Crippen MR) is 98.3 cm³/mol. The molecular weight excluding hydrogens is 296 g/mol. The fourth-order valence-electron chi connectivity index (χ4n) is 3.03. The number of hydrogen-bond donors (Lipinski definition) is 0. The fraction of sp³-hybridized carbons (Fsp3) is 0.300. The summed E-state index contributed by atoms with van der Waals surface area (Å²) in [7, 11) is 4.10. The SMILES string of the molecule is C=C(Cc1nc2cccc(-c3cccc(N(C)C)c3)n2n1)C1CC1. The number of rotatable bonds is 5. The summed E-state index contributed by atoms with van der Waals surface area (Å²) in [5, 5.41) is 4.74. The Morgan fingerprint density at radius 3 is 2.75 bits per heavy atom. The summed E-state index contributed by atoms with van der Waals surface area (Å²) in [5.74, 6) is 1.55. The molecule has 3 aromatic rings. The van der Waals surface area contributed by atoms with Gasteiger partial charge in [0, 0.05) is 31.8 Å². The number of fused-ring (bicyclic) bond motifs is 1. The third kappa shape index (κ3) is 2.80. The average Bonchev–Trinajstić information content (AvgIpc) is 3.35. The first-order valence-corrected chi connectivity index (χ1v) is 8.42. The summed E-state index contributed by atoms with van der Waals surface area (Å²) >= 11 is 0. The Morgan fingerprint density at radius 1 is 1.21 bits per heavy atom. The van der Waals surface area contributed by atoms with Crippen LogP contribution in [0, 0.1) is 5.92 Å². The highest BCUT2D eigenvalue weighted by Gasteiger charge is 2.25. The van der Waals surface area contributed by atoms with E-state index in [-0.39, 0.29) is 0 Å². The Morgan fingerprint density at radius 2 is 2.00 bits per heavy atom. The molecule has 0 spiro atoms. The van der Waals surface area contributed by atoms with Crippen molar-refractivity contribution in [2.24, 2.45) is 5.92 Å². The molecular formula is C20H22N4. The summed E-state index contributed by atoms with van der Waals surface area (Å²) in [6.07, 6.45) is 3.33. The summed E-state index contributed by atoms with van der Waals surface area (Å²) < 4.78 is 1.95. The average molecular weight is 318 g/mol. The minimum atomic E-state index is 0.688. The van der Waals surface area contributed by atoms with Gasteiger partial charge in [0.05, 0.1) is 5.69 Å². The number of aromatic nitrogens is 3. The van der Waals surface area contributed by atoms with Gasteiger partial charge >= 0.3 is 0 Å². The van der Waals surface area contributed by atoms with Crippen molar-refractivity contribution in [2.75, 3.05) is 19.0 Å². The molecule has 0 unspecified atom stereocenters. The second-order valence-corrected chi connectivity index (χ2v) is 6.76. The van der Waals surface area contributed by atoms with Crippen LogP contribution in [0.4, 0.5) is 5.69 Å². The lowest BCUT2D eigenvalue weighted by Crippen LogP contribution is -2.08. The molecule has 1 aliphatic rings. The molecule has 1 fully saturated rings. The predicted octanol–water partition coefficient (Wildman–Crippen LogP) is 3.97. The van der Waals surface area contributed by atoms with Crippen molar-refractivity contribution in [1.29, 1.82) is 0 Å². The van der Waals surface area contributed by atoms with Crippen LogP contribution in [-0.4, -0.2) is 28.7 Å². The molecule has 2 aromatic heterocycles. The third-order valence-corrected chi connectivity index (χ3v) is 4.60. The number of allylic oxidation sites excluding steroid dienone is 1. The lowest BCUT2D eigenvalue weighted by molar-refractivity contribution is 0.856. The van der Waals surface area contributed by atoms with Crippen LogP contribution in [0.3, 0.4) is 0 Å². The van der Waals surface area contributed by atoms with E-state index in [1.807, 2.05) is 16.6 Å². The van der Waals surface area contributed by atoms with Gasteiger partial charge in [0.1, 0.15) is 0 Å². The Kier molecular flexibility index (Phi) is 3.60. The Hall–Kier alpha value is -2.62. The lowest BCUT2D eigenvalue weighted by Gasteiger charge is -2.13. The minimum Gasteiger partial charge on any atom is -0.378 e. The smallest absolute Gasteiger partial charge is 0.156 e. The van der Waals surface area contributed by atoms with Crippen molar-refractivity contribution in [1.82, 2.24) is 14.6 Å². The standard InChI is InChI=1S/C20H22N4/c1-14(15-10-11-15)12-19-21-20-9-5-8-18(24(20)22-19)16-6-4-7-17(13-16)23(2)3/h4-9,13,15H,1,10-12H2,2-3H3. The Balaban J connectivity index is 1.74. The highest BCUT2D eigenvalue weighted by molar-refractivity contribution is 5.67. The van der Waals surface area contributed by atoms with Crippen molar-refractivity contribution in [3.05, 3.63) is 60.4 Å². The molecule has 0 radical (unpaired) electrons. The zero-order valence-corrected chi connectivity index (χ0v) is 14.2. The van der Waals surface area contributed by atoms with Crippen molar-refractivity contribution >= 4 is 11.3 Å². The van der Waals surface area contributed by atoms with Gasteiger partial charge in [0.15, 0.2) is 11.5 Å². The first-order valence-electron chi connectivity index (χ1n) is 8.42. The van der Waals surface area contributed by atoms with E-state index in [9.17, 15) is 0 Å². The highest BCUT2D eigenvalue weighted by atomic mass is 15.3. The highest BCUT2D eigenvalue weighted by Crippen LogP contribution is 2.36. The zero-order chi connectivity index (χ0) is 16.7. The van der Waals surface area contributed by atoms with Crippen LogP contribution in [0.5, 0.6) is 0 Å². The number of nitrogens with zero attached hydrogens (tertiary/aromatic N) is 4. The van der Waals surface area contributed by atoms with Gasteiger partial charge in [-0.2, -0.15) is 5.10 Å². The van der Waals surface area contributed by atoms with Crippen molar-refractivity contribution < 1.29 is 0 Å². The summed E-state index contributed by atoms with van der Waals surface area (Å²) in [5.41, 5.74) is 5.53.